The van der Waals surface area contributed by atoms with Crippen molar-refractivity contribution in [3.05, 3.63) is 95.1 Å². The van der Waals surface area contributed by atoms with Crippen LogP contribution in [0.5, 0.6) is 0 Å². The molecule has 5 nitrogen and oxygen atoms in total. The van der Waals surface area contributed by atoms with Gasteiger partial charge in [-0.3, -0.25) is 9.52 Å². The van der Waals surface area contributed by atoms with Crippen LogP contribution < -0.4 is 10.0 Å². The van der Waals surface area contributed by atoms with Gasteiger partial charge in [0.15, 0.2) is 0 Å². The second-order valence-electron chi connectivity index (χ2n) is 7.29. The molecule has 0 aromatic heterocycles. The van der Waals surface area contributed by atoms with Crippen molar-refractivity contribution in [2.45, 2.75) is 38.1 Å². The number of carbonyl (C=O) groups is 1. The van der Waals surface area contributed by atoms with Gasteiger partial charge in [0.25, 0.3) is 15.9 Å². The van der Waals surface area contributed by atoms with E-state index in [1.807, 2.05) is 45.0 Å². The summed E-state index contributed by atoms with van der Waals surface area (Å²) in [5, 5.41) is 3.06. The van der Waals surface area contributed by atoms with Crippen LogP contribution in [-0.4, -0.2) is 14.3 Å². The van der Waals surface area contributed by atoms with Crippen molar-refractivity contribution in [3.63, 3.8) is 0 Å². The molecule has 0 fully saturated rings. The maximum absolute atomic E-state index is 12.7. The maximum Gasteiger partial charge on any atom is 0.261 e. The number of rotatable bonds is 7. The fourth-order valence-electron chi connectivity index (χ4n) is 3.24. The molecular weight excluding hydrogens is 396 g/mol. The van der Waals surface area contributed by atoms with Crippen LogP contribution in [-0.2, 0) is 10.0 Å². The first kappa shape index (κ1) is 21.6. The summed E-state index contributed by atoms with van der Waals surface area (Å²) in [4.78, 5) is 12.9. The van der Waals surface area contributed by atoms with E-state index in [9.17, 15) is 13.2 Å². The van der Waals surface area contributed by atoms with Crippen molar-refractivity contribution < 1.29 is 13.2 Å². The van der Waals surface area contributed by atoms with Gasteiger partial charge in [-0.1, -0.05) is 48.9 Å². The highest BCUT2D eigenvalue weighted by molar-refractivity contribution is 7.92. The molecule has 156 valence electrons. The second-order valence-corrected chi connectivity index (χ2v) is 8.97. The second kappa shape index (κ2) is 9.13. The molecule has 0 aliphatic rings. The van der Waals surface area contributed by atoms with Crippen LogP contribution in [0.15, 0.2) is 77.7 Å². The number of anilines is 1. The number of nitrogens with one attached hydrogen (secondary N) is 2. The van der Waals surface area contributed by atoms with Crippen molar-refractivity contribution in [2.24, 2.45) is 0 Å². The highest BCUT2D eigenvalue weighted by Crippen LogP contribution is 2.22. The molecule has 1 atom stereocenters. The molecule has 6 heteroatoms. The summed E-state index contributed by atoms with van der Waals surface area (Å²) in [6, 6.07) is 21.0. The first-order chi connectivity index (χ1) is 14.3. The summed E-state index contributed by atoms with van der Waals surface area (Å²) >= 11 is 0. The molecule has 0 bridgehead atoms. The van der Waals surface area contributed by atoms with Crippen molar-refractivity contribution in [2.75, 3.05) is 4.72 Å². The fraction of sp³-hybridized carbons (Fsp3) is 0.208. The van der Waals surface area contributed by atoms with Gasteiger partial charge in [-0.25, -0.2) is 8.42 Å². The van der Waals surface area contributed by atoms with Gasteiger partial charge in [0.1, 0.15) is 0 Å². The van der Waals surface area contributed by atoms with Crippen LogP contribution in [0, 0.1) is 13.8 Å². The van der Waals surface area contributed by atoms with E-state index in [1.54, 1.807) is 48.5 Å². The van der Waals surface area contributed by atoms with E-state index < -0.39 is 10.0 Å². The van der Waals surface area contributed by atoms with Crippen LogP contribution >= 0.6 is 0 Å². The van der Waals surface area contributed by atoms with E-state index >= 15 is 0 Å². The standard InChI is InChI=1S/C24H26N2O3S/c1-4-23(22-8-6-5-7-18(22)3)25-24(27)19-11-13-20(14-12-19)26-30(28,29)21-15-9-17(2)10-16-21/h5-16,23,26H,4H2,1-3H3,(H,25,27)/t23-/m0/s1. The minimum Gasteiger partial charge on any atom is -0.345 e. The first-order valence-corrected chi connectivity index (χ1v) is 11.3. The Balaban J connectivity index is 1.71. The van der Waals surface area contributed by atoms with Gasteiger partial charge < -0.3 is 5.32 Å². The van der Waals surface area contributed by atoms with Crippen molar-refractivity contribution in [3.8, 4) is 0 Å². The maximum atomic E-state index is 12.7. The van der Waals surface area contributed by atoms with Gasteiger partial charge >= 0.3 is 0 Å². The Bertz CT molecular complexity index is 1120. The normalized spacial score (nSPS) is 12.2. The number of hydrogen-bond acceptors (Lipinski definition) is 3. The van der Waals surface area contributed by atoms with Crippen LogP contribution in [0.4, 0.5) is 5.69 Å². The smallest absolute Gasteiger partial charge is 0.261 e. The van der Waals surface area contributed by atoms with Gasteiger partial charge in [-0.05, 0) is 67.8 Å². The minimum absolute atomic E-state index is 0.0848. The highest BCUT2D eigenvalue weighted by atomic mass is 32.2. The zero-order valence-corrected chi connectivity index (χ0v) is 18.2. The van der Waals surface area contributed by atoms with E-state index in [-0.39, 0.29) is 16.8 Å². The molecule has 0 saturated heterocycles. The van der Waals surface area contributed by atoms with Gasteiger partial charge in [-0.2, -0.15) is 0 Å². The highest BCUT2D eigenvalue weighted by Gasteiger charge is 2.17. The summed E-state index contributed by atoms with van der Waals surface area (Å²) < 4.78 is 27.6. The third-order valence-corrected chi connectivity index (χ3v) is 6.41. The summed E-state index contributed by atoms with van der Waals surface area (Å²) in [7, 11) is -3.68. The molecular formula is C24H26N2O3S. The molecule has 0 saturated carbocycles. The Hall–Kier alpha value is -3.12. The SMILES string of the molecule is CC[C@H](NC(=O)c1ccc(NS(=O)(=O)c2ccc(C)cc2)cc1)c1ccccc1C. The molecule has 3 aromatic rings. The van der Waals surface area contributed by atoms with Crippen molar-refractivity contribution >= 4 is 21.6 Å². The molecule has 0 spiro atoms. The molecule has 30 heavy (non-hydrogen) atoms. The summed E-state index contributed by atoms with van der Waals surface area (Å²) in [5.74, 6) is -0.196. The van der Waals surface area contributed by atoms with Gasteiger partial charge in [-0.15, -0.1) is 0 Å². The lowest BCUT2D eigenvalue weighted by molar-refractivity contribution is 0.0935. The number of hydrogen-bond donors (Lipinski definition) is 2. The van der Waals surface area contributed by atoms with E-state index in [4.69, 9.17) is 0 Å². The predicted octanol–water partition coefficient (Wildman–Crippen LogP) is 4.99. The summed E-state index contributed by atoms with van der Waals surface area (Å²) in [6.45, 7) is 5.95. The van der Waals surface area contributed by atoms with Crippen LogP contribution in [0.1, 0.15) is 46.4 Å². The largest absolute Gasteiger partial charge is 0.345 e. The van der Waals surface area contributed by atoms with Crippen molar-refractivity contribution in [1.29, 1.82) is 0 Å². The Morgan fingerprint density at radius 1 is 0.900 bits per heavy atom. The zero-order valence-electron chi connectivity index (χ0n) is 17.3. The Labute approximate surface area is 178 Å². The molecule has 1 amide bonds. The molecule has 0 radical (unpaired) electrons. The quantitative estimate of drug-likeness (QED) is 0.563. The Kier molecular flexibility index (Phi) is 6.57. The minimum atomic E-state index is -3.68. The average Bonchev–Trinajstić information content (AvgIpc) is 2.73. The van der Waals surface area contributed by atoms with Crippen LogP contribution in [0.3, 0.4) is 0 Å². The number of aryl methyl sites for hydroxylation is 2. The van der Waals surface area contributed by atoms with Gasteiger partial charge in [0.05, 0.1) is 10.9 Å². The van der Waals surface area contributed by atoms with E-state index in [0.717, 1.165) is 23.1 Å². The lowest BCUT2D eigenvalue weighted by atomic mass is 9.99. The number of amides is 1. The molecule has 0 aliphatic heterocycles. The Morgan fingerprint density at radius 3 is 2.13 bits per heavy atom. The molecule has 0 aliphatic carbocycles. The monoisotopic (exact) mass is 422 g/mol. The van der Waals surface area contributed by atoms with E-state index in [2.05, 4.69) is 10.0 Å². The summed E-state index contributed by atoms with van der Waals surface area (Å²) in [5.41, 5.74) is 4.08. The number of sulfonamides is 1. The molecule has 0 heterocycles. The predicted molar refractivity (Wildman–Crippen MR) is 120 cm³/mol. The fourth-order valence-corrected chi connectivity index (χ4v) is 4.30. The topological polar surface area (TPSA) is 75.3 Å². The first-order valence-electron chi connectivity index (χ1n) is 9.86. The number of benzene rings is 3. The molecule has 3 aromatic carbocycles. The van der Waals surface area contributed by atoms with Gasteiger partial charge in [0, 0.05) is 11.3 Å². The van der Waals surface area contributed by atoms with Crippen molar-refractivity contribution in [1.82, 2.24) is 5.32 Å². The van der Waals surface area contributed by atoms with Gasteiger partial charge in [0.2, 0.25) is 0 Å². The Morgan fingerprint density at radius 2 is 1.53 bits per heavy atom. The lowest BCUT2D eigenvalue weighted by Crippen LogP contribution is -2.28. The zero-order chi connectivity index (χ0) is 21.7. The molecule has 2 N–H and O–H groups in total. The van der Waals surface area contributed by atoms with Crippen LogP contribution in [0.25, 0.3) is 0 Å². The average molecular weight is 423 g/mol. The summed E-state index contributed by atoms with van der Waals surface area (Å²) in [6.07, 6.45) is 0.769. The van der Waals surface area contributed by atoms with Crippen LogP contribution in [0.2, 0.25) is 0 Å². The van der Waals surface area contributed by atoms with E-state index in [0.29, 0.717) is 11.3 Å². The third kappa shape index (κ3) is 5.07. The lowest BCUT2D eigenvalue weighted by Gasteiger charge is -2.19. The number of carbonyl (C=O) groups excluding carboxylic acids is 1. The molecule has 3 rings (SSSR count). The van der Waals surface area contributed by atoms with E-state index in [1.165, 1.54) is 0 Å². The molecule has 0 unspecified atom stereocenters. The third-order valence-electron chi connectivity index (χ3n) is 5.01.